The summed E-state index contributed by atoms with van der Waals surface area (Å²) in [6, 6.07) is 0. The maximum absolute atomic E-state index is 5.89. The SMILES string of the molecule is CCCCCCC(N)NCCCC. The molecule has 0 amide bonds. The van der Waals surface area contributed by atoms with E-state index < -0.39 is 0 Å². The second-order valence-electron chi connectivity index (χ2n) is 3.76. The van der Waals surface area contributed by atoms with Crippen LogP contribution in [-0.4, -0.2) is 12.7 Å². The molecule has 0 bridgehead atoms. The van der Waals surface area contributed by atoms with Gasteiger partial charge in [0.2, 0.25) is 0 Å². The van der Waals surface area contributed by atoms with Gasteiger partial charge in [-0.05, 0) is 19.4 Å². The monoisotopic (exact) mass is 186 g/mol. The molecule has 2 nitrogen and oxygen atoms in total. The summed E-state index contributed by atoms with van der Waals surface area (Å²) in [6.07, 6.45) is 9.10. The maximum atomic E-state index is 5.89. The Hall–Kier alpha value is -0.0800. The number of unbranched alkanes of at least 4 members (excludes halogenated alkanes) is 4. The van der Waals surface area contributed by atoms with E-state index in [2.05, 4.69) is 19.2 Å². The predicted molar refractivity (Wildman–Crippen MR) is 59.6 cm³/mol. The summed E-state index contributed by atoms with van der Waals surface area (Å²) in [5.74, 6) is 0. The number of rotatable bonds is 9. The van der Waals surface area contributed by atoms with Gasteiger partial charge in [0.15, 0.2) is 0 Å². The van der Waals surface area contributed by atoms with Gasteiger partial charge in [0.25, 0.3) is 0 Å². The van der Waals surface area contributed by atoms with Crippen LogP contribution in [0.15, 0.2) is 0 Å². The van der Waals surface area contributed by atoms with Gasteiger partial charge >= 0.3 is 0 Å². The van der Waals surface area contributed by atoms with Gasteiger partial charge < -0.3 is 11.1 Å². The van der Waals surface area contributed by atoms with Crippen molar-refractivity contribution in [1.82, 2.24) is 5.32 Å². The highest BCUT2D eigenvalue weighted by molar-refractivity contribution is 4.58. The molecule has 0 rings (SSSR count). The summed E-state index contributed by atoms with van der Waals surface area (Å²) >= 11 is 0. The van der Waals surface area contributed by atoms with Gasteiger partial charge in [-0.15, -0.1) is 0 Å². The molecule has 0 aromatic rings. The first-order valence-corrected chi connectivity index (χ1v) is 5.80. The highest BCUT2D eigenvalue weighted by Crippen LogP contribution is 2.03. The average molecular weight is 186 g/mol. The van der Waals surface area contributed by atoms with E-state index in [1.165, 1.54) is 38.5 Å². The van der Waals surface area contributed by atoms with Gasteiger partial charge in [-0.3, -0.25) is 0 Å². The Balaban J connectivity index is 3.05. The topological polar surface area (TPSA) is 38.0 Å². The molecule has 0 fully saturated rings. The summed E-state index contributed by atoms with van der Waals surface area (Å²) < 4.78 is 0. The zero-order chi connectivity index (χ0) is 9.94. The normalized spacial score (nSPS) is 13.2. The van der Waals surface area contributed by atoms with Crippen molar-refractivity contribution in [3.05, 3.63) is 0 Å². The van der Waals surface area contributed by atoms with Crippen LogP contribution >= 0.6 is 0 Å². The smallest absolute Gasteiger partial charge is 0.0546 e. The largest absolute Gasteiger partial charge is 0.316 e. The molecule has 1 unspecified atom stereocenters. The molecule has 3 N–H and O–H groups in total. The van der Waals surface area contributed by atoms with E-state index in [1.54, 1.807) is 0 Å². The molecule has 80 valence electrons. The summed E-state index contributed by atoms with van der Waals surface area (Å²) in [5.41, 5.74) is 5.89. The molecule has 0 aliphatic rings. The van der Waals surface area contributed by atoms with Crippen LogP contribution < -0.4 is 11.1 Å². The minimum atomic E-state index is 0.225. The van der Waals surface area contributed by atoms with Gasteiger partial charge in [0.05, 0.1) is 6.17 Å². The maximum Gasteiger partial charge on any atom is 0.0546 e. The molecular weight excluding hydrogens is 160 g/mol. The van der Waals surface area contributed by atoms with E-state index in [-0.39, 0.29) is 6.17 Å². The van der Waals surface area contributed by atoms with Gasteiger partial charge in [0, 0.05) is 0 Å². The van der Waals surface area contributed by atoms with Crippen LogP contribution in [-0.2, 0) is 0 Å². The van der Waals surface area contributed by atoms with Crippen LogP contribution in [0, 0.1) is 0 Å². The highest BCUT2D eigenvalue weighted by Gasteiger charge is 1.99. The molecule has 0 aliphatic carbocycles. The van der Waals surface area contributed by atoms with Crippen LogP contribution in [0.4, 0.5) is 0 Å². The van der Waals surface area contributed by atoms with Crippen molar-refractivity contribution >= 4 is 0 Å². The van der Waals surface area contributed by atoms with Crippen LogP contribution in [0.1, 0.15) is 58.8 Å². The predicted octanol–water partition coefficient (Wildman–Crippen LogP) is 2.63. The Bertz CT molecular complexity index is 94.1. The minimum absolute atomic E-state index is 0.225. The van der Waals surface area contributed by atoms with Crippen molar-refractivity contribution in [3.63, 3.8) is 0 Å². The molecule has 0 aromatic carbocycles. The fourth-order valence-corrected chi connectivity index (χ4v) is 1.36. The fourth-order valence-electron chi connectivity index (χ4n) is 1.36. The van der Waals surface area contributed by atoms with E-state index in [4.69, 9.17) is 5.73 Å². The molecular formula is C11H26N2. The Kier molecular flexibility index (Phi) is 9.94. The first-order valence-electron chi connectivity index (χ1n) is 5.80. The second kappa shape index (κ2) is 10.0. The van der Waals surface area contributed by atoms with E-state index >= 15 is 0 Å². The lowest BCUT2D eigenvalue weighted by Gasteiger charge is -2.12. The number of nitrogens with one attached hydrogen (secondary N) is 1. The summed E-state index contributed by atoms with van der Waals surface area (Å²) in [7, 11) is 0. The zero-order valence-electron chi connectivity index (χ0n) is 9.31. The standard InChI is InChI=1S/C11H26N2/c1-3-5-7-8-9-11(12)13-10-6-4-2/h11,13H,3-10,12H2,1-2H3. The lowest BCUT2D eigenvalue weighted by molar-refractivity contribution is 0.461. The third kappa shape index (κ3) is 9.84. The van der Waals surface area contributed by atoms with Crippen molar-refractivity contribution in [2.75, 3.05) is 6.54 Å². The van der Waals surface area contributed by atoms with Crippen LogP contribution in [0.5, 0.6) is 0 Å². The van der Waals surface area contributed by atoms with Crippen molar-refractivity contribution in [3.8, 4) is 0 Å². The molecule has 0 radical (unpaired) electrons. The van der Waals surface area contributed by atoms with Crippen molar-refractivity contribution in [2.24, 2.45) is 5.73 Å². The Labute approximate surface area is 83.3 Å². The summed E-state index contributed by atoms with van der Waals surface area (Å²) in [6.45, 7) is 5.51. The highest BCUT2D eigenvalue weighted by atomic mass is 15.0. The Morgan fingerprint density at radius 2 is 1.69 bits per heavy atom. The molecule has 0 spiro atoms. The lowest BCUT2D eigenvalue weighted by atomic mass is 10.1. The third-order valence-corrected chi connectivity index (χ3v) is 2.31. The lowest BCUT2D eigenvalue weighted by Crippen LogP contribution is -2.37. The zero-order valence-corrected chi connectivity index (χ0v) is 9.31. The van der Waals surface area contributed by atoms with E-state index in [1.807, 2.05) is 0 Å². The molecule has 13 heavy (non-hydrogen) atoms. The Morgan fingerprint density at radius 3 is 2.31 bits per heavy atom. The quantitative estimate of drug-likeness (QED) is 0.429. The number of hydrogen-bond acceptors (Lipinski definition) is 2. The molecule has 0 saturated heterocycles. The second-order valence-corrected chi connectivity index (χ2v) is 3.76. The molecule has 1 atom stereocenters. The van der Waals surface area contributed by atoms with Crippen molar-refractivity contribution in [1.29, 1.82) is 0 Å². The van der Waals surface area contributed by atoms with Gasteiger partial charge in [-0.2, -0.15) is 0 Å². The molecule has 0 aliphatic heterocycles. The van der Waals surface area contributed by atoms with E-state index in [9.17, 15) is 0 Å². The average Bonchev–Trinajstić information content (AvgIpc) is 2.13. The fraction of sp³-hybridized carbons (Fsp3) is 1.00. The Morgan fingerprint density at radius 1 is 1.00 bits per heavy atom. The number of hydrogen-bond donors (Lipinski definition) is 2. The van der Waals surface area contributed by atoms with Crippen LogP contribution in [0.25, 0.3) is 0 Å². The van der Waals surface area contributed by atoms with Gasteiger partial charge in [-0.1, -0.05) is 46.0 Å². The van der Waals surface area contributed by atoms with Gasteiger partial charge in [0.1, 0.15) is 0 Å². The van der Waals surface area contributed by atoms with Crippen molar-refractivity contribution in [2.45, 2.75) is 65.0 Å². The molecule has 0 aromatic heterocycles. The third-order valence-electron chi connectivity index (χ3n) is 2.31. The minimum Gasteiger partial charge on any atom is -0.316 e. The van der Waals surface area contributed by atoms with Crippen molar-refractivity contribution < 1.29 is 0 Å². The van der Waals surface area contributed by atoms with E-state index in [0.717, 1.165) is 13.0 Å². The van der Waals surface area contributed by atoms with Crippen LogP contribution in [0.2, 0.25) is 0 Å². The molecule has 0 saturated carbocycles. The summed E-state index contributed by atoms with van der Waals surface area (Å²) in [4.78, 5) is 0. The number of nitrogens with two attached hydrogens (primary N) is 1. The van der Waals surface area contributed by atoms with Gasteiger partial charge in [-0.25, -0.2) is 0 Å². The van der Waals surface area contributed by atoms with Crippen LogP contribution in [0.3, 0.4) is 0 Å². The first-order chi connectivity index (χ1) is 6.31. The first kappa shape index (κ1) is 12.9. The molecule has 0 heterocycles. The van der Waals surface area contributed by atoms with E-state index in [0.29, 0.717) is 0 Å². The summed E-state index contributed by atoms with van der Waals surface area (Å²) in [5, 5.41) is 3.34. The molecule has 2 heteroatoms.